The van der Waals surface area contributed by atoms with Gasteiger partial charge in [0.2, 0.25) is 17.8 Å². The Labute approximate surface area is 190 Å². The van der Waals surface area contributed by atoms with Crippen molar-refractivity contribution < 1.29 is 4.79 Å². The van der Waals surface area contributed by atoms with Gasteiger partial charge in [-0.3, -0.25) is 4.79 Å². The molecule has 0 aliphatic heterocycles. The van der Waals surface area contributed by atoms with Gasteiger partial charge in [0.1, 0.15) is 0 Å². The Morgan fingerprint density at radius 2 is 1.97 bits per heavy atom. The number of anilines is 2. The van der Waals surface area contributed by atoms with E-state index in [4.69, 9.17) is 5.26 Å². The number of nitrogens with zero attached hydrogens (tertiary/aromatic N) is 7. The highest BCUT2D eigenvalue weighted by atomic mass is 32.2. The number of benzene rings is 1. The van der Waals surface area contributed by atoms with E-state index >= 15 is 0 Å². The number of amides is 1. The summed E-state index contributed by atoms with van der Waals surface area (Å²) in [5.41, 5.74) is 1.52. The number of nitrogens with one attached hydrogen (secondary N) is 2. The van der Waals surface area contributed by atoms with Gasteiger partial charge in [-0.05, 0) is 31.5 Å². The Kier molecular flexibility index (Phi) is 7.99. The van der Waals surface area contributed by atoms with Gasteiger partial charge in [-0.15, -0.1) is 16.8 Å². The van der Waals surface area contributed by atoms with Crippen LogP contribution in [-0.2, 0) is 11.3 Å². The van der Waals surface area contributed by atoms with Gasteiger partial charge in [0.05, 0.1) is 17.4 Å². The smallest absolute Gasteiger partial charge is 0.261 e. The molecule has 10 nitrogen and oxygen atoms in total. The number of fused-ring (bicyclic) bond motifs is 1. The van der Waals surface area contributed by atoms with Crippen LogP contribution >= 0.6 is 11.8 Å². The summed E-state index contributed by atoms with van der Waals surface area (Å²) in [7, 11) is 0. The molecule has 0 atom stereocenters. The van der Waals surface area contributed by atoms with Crippen LogP contribution < -0.4 is 10.6 Å². The third-order valence-corrected chi connectivity index (χ3v) is 5.31. The minimum atomic E-state index is -0.0637. The lowest BCUT2D eigenvalue weighted by atomic mass is 10.1. The Morgan fingerprint density at radius 3 is 2.62 bits per heavy atom. The molecule has 3 aromatic rings. The van der Waals surface area contributed by atoms with Crippen LogP contribution in [0.15, 0.2) is 42.1 Å². The molecular weight excluding hydrogens is 426 g/mol. The standard InChI is InChI=1S/C21H25N9OS/c1-4-11-29(13-16-9-7-15(12-22)8-10-16)17(31)14-32-21-28-27-20-26-18(23-5-2)25-19(24-6-3)30(20)21/h4,7-10H,1,5-6,11,13-14H2,2-3H3,(H2,23,24,25,26,27). The minimum Gasteiger partial charge on any atom is -0.355 e. The minimum absolute atomic E-state index is 0.0637. The number of hydrogen-bond donors (Lipinski definition) is 2. The lowest BCUT2D eigenvalue weighted by molar-refractivity contribution is -0.128. The van der Waals surface area contributed by atoms with E-state index in [-0.39, 0.29) is 11.7 Å². The molecule has 3 rings (SSSR count). The number of nitriles is 1. The lowest BCUT2D eigenvalue weighted by Gasteiger charge is -2.21. The van der Waals surface area contributed by atoms with Crippen LogP contribution in [-0.4, -0.2) is 60.8 Å². The van der Waals surface area contributed by atoms with Crippen molar-refractivity contribution in [3.05, 3.63) is 48.0 Å². The van der Waals surface area contributed by atoms with Crippen LogP contribution in [0.2, 0.25) is 0 Å². The molecule has 32 heavy (non-hydrogen) atoms. The van der Waals surface area contributed by atoms with E-state index in [9.17, 15) is 4.79 Å². The monoisotopic (exact) mass is 451 g/mol. The first-order chi connectivity index (χ1) is 15.6. The lowest BCUT2D eigenvalue weighted by Crippen LogP contribution is -2.32. The number of carbonyl (C=O) groups is 1. The maximum Gasteiger partial charge on any atom is 0.261 e. The first-order valence-corrected chi connectivity index (χ1v) is 11.2. The van der Waals surface area contributed by atoms with Gasteiger partial charge in [-0.25, -0.2) is 4.40 Å². The molecule has 0 fully saturated rings. The van der Waals surface area contributed by atoms with Crippen LogP contribution in [0.3, 0.4) is 0 Å². The number of aromatic nitrogens is 5. The topological polar surface area (TPSA) is 124 Å². The number of hydrogen-bond acceptors (Lipinski definition) is 9. The quantitative estimate of drug-likeness (QED) is 0.334. The third kappa shape index (κ3) is 5.53. The molecule has 11 heteroatoms. The fourth-order valence-corrected chi connectivity index (χ4v) is 3.76. The Balaban J connectivity index is 1.75. The van der Waals surface area contributed by atoms with E-state index in [1.54, 1.807) is 27.5 Å². The molecule has 0 radical (unpaired) electrons. The summed E-state index contributed by atoms with van der Waals surface area (Å²) in [6.07, 6.45) is 1.69. The molecular formula is C21H25N9OS. The van der Waals surface area contributed by atoms with E-state index < -0.39 is 0 Å². The molecule has 2 aromatic heterocycles. The van der Waals surface area contributed by atoms with Crippen molar-refractivity contribution >= 4 is 35.3 Å². The molecule has 2 heterocycles. The molecule has 0 aliphatic rings. The molecule has 1 amide bonds. The highest BCUT2D eigenvalue weighted by Crippen LogP contribution is 2.22. The van der Waals surface area contributed by atoms with Crippen LogP contribution in [0.4, 0.5) is 11.9 Å². The van der Waals surface area contributed by atoms with Gasteiger partial charge in [0, 0.05) is 26.2 Å². The summed E-state index contributed by atoms with van der Waals surface area (Å²) in [4.78, 5) is 23.5. The van der Waals surface area contributed by atoms with E-state index in [1.807, 2.05) is 26.0 Å². The molecule has 0 bridgehead atoms. The van der Waals surface area contributed by atoms with Gasteiger partial charge in [-0.1, -0.05) is 30.0 Å². The van der Waals surface area contributed by atoms with Crippen LogP contribution in [0, 0.1) is 11.3 Å². The first kappa shape index (κ1) is 23.0. The zero-order valence-corrected chi connectivity index (χ0v) is 18.9. The Morgan fingerprint density at radius 1 is 1.22 bits per heavy atom. The average Bonchev–Trinajstić information content (AvgIpc) is 3.21. The molecule has 1 aromatic carbocycles. The second-order valence-corrected chi connectivity index (χ2v) is 7.65. The number of thioether (sulfide) groups is 1. The fourth-order valence-electron chi connectivity index (χ4n) is 2.93. The molecule has 0 saturated carbocycles. The number of carbonyl (C=O) groups excluding carboxylic acids is 1. The summed E-state index contributed by atoms with van der Waals surface area (Å²) in [5, 5.41) is 24.1. The van der Waals surface area contributed by atoms with Crippen molar-refractivity contribution in [2.75, 3.05) is 36.0 Å². The molecule has 2 N–H and O–H groups in total. The summed E-state index contributed by atoms with van der Waals surface area (Å²) < 4.78 is 1.71. The second-order valence-electron chi connectivity index (χ2n) is 6.71. The Hall–Kier alpha value is -3.65. The van der Waals surface area contributed by atoms with E-state index in [0.29, 0.717) is 54.6 Å². The summed E-state index contributed by atoms with van der Waals surface area (Å²) in [5.74, 6) is 1.55. The maximum absolute atomic E-state index is 12.9. The molecule has 166 valence electrons. The molecule has 0 spiro atoms. The van der Waals surface area contributed by atoms with Crippen molar-refractivity contribution in [2.24, 2.45) is 0 Å². The summed E-state index contributed by atoms with van der Waals surface area (Å²) in [6, 6.07) is 9.28. The predicted octanol–water partition coefficient (Wildman–Crippen LogP) is 2.56. The third-order valence-electron chi connectivity index (χ3n) is 4.40. The number of rotatable bonds is 11. The highest BCUT2D eigenvalue weighted by Gasteiger charge is 2.18. The molecule has 0 aliphatic carbocycles. The van der Waals surface area contributed by atoms with Gasteiger partial charge < -0.3 is 15.5 Å². The van der Waals surface area contributed by atoms with Crippen LogP contribution in [0.5, 0.6) is 0 Å². The Bertz CT molecular complexity index is 1120. The van der Waals surface area contributed by atoms with Gasteiger partial charge >= 0.3 is 0 Å². The highest BCUT2D eigenvalue weighted by molar-refractivity contribution is 7.99. The van der Waals surface area contributed by atoms with Gasteiger partial charge in [-0.2, -0.15) is 15.2 Å². The summed E-state index contributed by atoms with van der Waals surface area (Å²) in [6.45, 7) is 9.88. The largest absolute Gasteiger partial charge is 0.355 e. The fraction of sp³-hybridized carbons (Fsp3) is 0.333. The molecule has 0 saturated heterocycles. The van der Waals surface area contributed by atoms with Crippen molar-refractivity contribution in [1.82, 2.24) is 29.5 Å². The van der Waals surface area contributed by atoms with Crippen molar-refractivity contribution in [3.8, 4) is 6.07 Å². The average molecular weight is 452 g/mol. The van der Waals surface area contributed by atoms with Crippen molar-refractivity contribution in [1.29, 1.82) is 5.26 Å². The van der Waals surface area contributed by atoms with Crippen LogP contribution in [0.1, 0.15) is 25.0 Å². The maximum atomic E-state index is 12.9. The predicted molar refractivity (Wildman–Crippen MR) is 124 cm³/mol. The van der Waals surface area contributed by atoms with Crippen molar-refractivity contribution in [2.45, 2.75) is 25.5 Å². The summed E-state index contributed by atoms with van der Waals surface area (Å²) >= 11 is 1.28. The SMILES string of the molecule is C=CCN(Cc1ccc(C#N)cc1)C(=O)CSc1nnc2nc(NCC)nc(NCC)n12. The van der Waals surface area contributed by atoms with Gasteiger partial charge in [0.15, 0.2) is 5.16 Å². The zero-order valence-electron chi connectivity index (χ0n) is 18.1. The normalized spacial score (nSPS) is 10.5. The van der Waals surface area contributed by atoms with E-state index in [0.717, 1.165) is 5.56 Å². The zero-order chi connectivity index (χ0) is 22.9. The second kappa shape index (κ2) is 11.1. The van der Waals surface area contributed by atoms with E-state index in [2.05, 4.69) is 43.4 Å². The molecule has 0 unspecified atom stereocenters. The van der Waals surface area contributed by atoms with Crippen LogP contribution in [0.25, 0.3) is 5.78 Å². The van der Waals surface area contributed by atoms with E-state index in [1.165, 1.54) is 11.8 Å². The first-order valence-electron chi connectivity index (χ1n) is 10.2. The van der Waals surface area contributed by atoms with Gasteiger partial charge in [0.25, 0.3) is 5.78 Å². The van der Waals surface area contributed by atoms with Crippen molar-refractivity contribution in [3.63, 3.8) is 0 Å².